The standard InChI is InChI=1S/C26H23F3N4O2S2/c1-16-8-22(25(28)29)32-26(21(16)11-30)37-14-19-9-17(6-7-23(19)35-2)12-31-33-24(34)15-36-13-18-4-3-5-20(27)10-18/h3-10,12,25H,13-15H2,1-2H3,(H,33,34)/b31-12-. The summed E-state index contributed by atoms with van der Waals surface area (Å²) in [5.41, 5.74) is 4.97. The fourth-order valence-corrected chi connectivity index (χ4v) is 5.06. The van der Waals surface area contributed by atoms with Crippen molar-refractivity contribution in [2.75, 3.05) is 12.9 Å². The van der Waals surface area contributed by atoms with Gasteiger partial charge in [0.15, 0.2) is 0 Å². The van der Waals surface area contributed by atoms with Gasteiger partial charge in [0.25, 0.3) is 6.43 Å². The molecule has 192 valence electrons. The van der Waals surface area contributed by atoms with E-state index in [1.54, 1.807) is 37.3 Å². The summed E-state index contributed by atoms with van der Waals surface area (Å²) in [5, 5.41) is 13.7. The van der Waals surface area contributed by atoms with Gasteiger partial charge in [0.05, 0.1) is 24.6 Å². The van der Waals surface area contributed by atoms with Crippen LogP contribution < -0.4 is 10.2 Å². The molecule has 0 saturated heterocycles. The monoisotopic (exact) mass is 544 g/mol. The van der Waals surface area contributed by atoms with Crippen LogP contribution in [0.3, 0.4) is 0 Å². The molecule has 6 nitrogen and oxygen atoms in total. The van der Waals surface area contributed by atoms with Crippen molar-refractivity contribution in [1.29, 1.82) is 5.26 Å². The van der Waals surface area contributed by atoms with Gasteiger partial charge in [-0.3, -0.25) is 4.79 Å². The minimum absolute atomic E-state index is 0.156. The third-order valence-corrected chi connectivity index (χ3v) is 7.03. The number of pyridine rings is 1. The Hall–Kier alpha value is -3.49. The average molecular weight is 545 g/mol. The topological polar surface area (TPSA) is 87.4 Å². The van der Waals surface area contributed by atoms with Crippen LogP contribution in [0.25, 0.3) is 0 Å². The van der Waals surface area contributed by atoms with Gasteiger partial charge >= 0.3 is 0 Å². The lowest BCUT2D eigenvalue weighted by atomic mass is 10.1. The summed E-state index contributed by atoms with van der Waals surface area (Å²) in [6, 6.07) is 14.7. The summed E-state index contributed by atoms with van der Waals surface area (Å²) < 4.78 is 45.0. The number of thioether (sulfide) groups is 2. The molecule has 37 heavy (non-hydrogen) atoms. The number of alkyl halides is 2. The molecule has 0 fully saturated rings. The third kappa shape index (κ3) is 8.27. The number of hydrogen-bond donors (Lipinski definition) is 1. The highest BCUT2D eigenvalue weighted by atomic mass is 32.2. The Bertz CT molecular complexity index is 1330. The largest absolute Gasteiger partial charge is 0.496 e. The van der Waals surface area contributed by atoms with E-state index in [0.717, 1.165) is 22.9 Å². The summed E-state index contributed by atoms with van der Waals surface area (Å²) >= 11 is 2.50. The third-order valence-electron chi connectivity index (χ3n) is 5.00. The molecule has 0 atom stereocenters. The molecular weight excluding hydrogens is 521 g/mol. The number of aromatic nitrogens is 1. The highest BCUT2D eigenvalue weighted by molar-refractivity contribution is 7.99. The van der Waals surface area contributed by atoms with Crippen molar-refractivity contribution >= 4 is 35.6 Å². The number of hydrogen-bond acceptors (Lipinski definition) is 7. The number of nitriles is 1. The minimum atomic E-state index is -2.74. The molecule has 1 aromatic heterocycles. The van der Waals surface area contributed by atoms with Gasteiger partial charge < -0.3 is 4.74 Å². The number of aryl methyl sites for hydroxylation is 1. The van der Waals surface area contributed by atoms with Gasteiger partial charge in [-0.15, -0.1) is 23.5 Å². The molecule has 0 aliphatic carbocycles. The number of carbonyl (C=O) groups is 1. The maximum Gasteiger partial charge on any atom is 0.280 e. The van der Waals surface area contributed by atoms with Crippen molar-refractivity contribution in [2.45, 2.75) is 29.9 Å². The summed E-state index contributed by atoms with van der Waals surface area (Å²) in [7, 11) is 1.51. The first-order valence-electron chi connectivity index (χ1n) is 10.9. The zero-order valence-corrected chi connectivity index (χ0v) is 21.6. The lowest BCUT2D eigenvalue weighted by Crippen LogP contribution is -2.19. The first kappa shape index (κ1) is 28.1. The highest BCUT2D eigenvalue weighted by Crippen LogP contribution is 2.32. The number of rotatable bonds is 11. The van der Waals surface area contributed by atoms with Crippen molar-refractivity contribution in [3.63, 3.8) is 0 Å². The van der Waals surface area contributed by atoms with Gasteiger partial charge in [-0.25, -0.2) is 23.6 Å². The average Bonchev–Trinajstić information content (AvgIpc) is 2.87. The zero-order valence-electron chi connectivity index (χ0n) is 20.0. The fraction of sp³-hybridized carbons (Fsp3) is 0.231. The predicted octanol–water partition coefficient (Wildman–Crippen LogP) is 6.02. The highest BCUT2D eigenvalue weighted by Gasteiger charge is 2.17. The number of methoxy groups -OCH3 is 1. The minimum Gasteiger partial charge on any atom is -0.496 e. The molecule has 3 rings (SSSR count). The Morgan fingerprint density at radius 1 is 1.24 bits per heavy atom. The second-order valence-corrected chi connectivity index (χ2v) is 9.68. The number of nitrogens with one attached hydrogen (secondary N) is 1. The lowest BCUT2D eigenvalue weighted by Gasteiger charge is -2.11. The molecule has 0 bridgehead atoms. The number of amides is 1. The number of halogens is 3. The maximum absolute atomic E-state index is 13.2. The van der Waals surface area contributed by atoms with Gasteiger partial charge in [-0.1, -0.05) is 12.1 Å². The summed E-state index contributed by atoms with van der Waals surface area (Å²) in [4.78, 5) is 16.0. The molecule has 0 aliphatic heterocycles. The number of carbonyl (C=O) groups excluding carboxylic acids is 1. The Kier molecular flexibility index (Phi) is 10.4. The maximum atomic E-state index is 13.2. The van der Waals surface area contributed by atoms with Gasteiger partial charge in [0.1, 0.15) is 28.4 Å². The molecule has 2 aromatic carbocycles. The Balaban J connectivity index is 1.61. The second kappa shape index (κ2) is 13.7. The SMILES string of the molecule is COc1ccc(/C=N\NC(=O)CSCc2cccc(F)c2)cc1CSc1nc(C(F)F)cc(C)c1C#N. The molecule has 1 N–H and O–H groups in total. The van der Waals surface area contributed by atoms with Gasteiger partial charge in [0, 0.05) is 17.1 Å². The number of nitrogens with zero attached hydrogens (tertiary/aromatic N) is 3. The lowest BCUT2D eigenvalue weighted by molar-refractivity contribution is -0.118. The van der Waals surface area contributed by atoms with Crippen molar-refractivity contribution in [2.24, 2.45) is 5.10 Å². The van der Waals surface area contributed by atoms with Crippen LogP contribution in [0.2, 0.25) is 0 Å². The van der Waals surface area contributed by atoms with Gasteiger partial charge in [-0.05, 0) is 60.0 Å². The molecule has 1 heterocycles. The predicted molar refractivity (Wildman–Crippen MR) is 139 cm³/mol. The summed E-state index contributed by atoms with van der Waals surface area (Å²) in [6.07, 6.45) is -1.27. The normalized spacial score (nSPS) is 11.1. The van der Waals surface area contributed by atoms with Crippen LogP contribution in [0.15, 0.2) is 58.7 Å². The van der Waals surface area contributed by atoms with Crippen molar-refractivity contribution in [1.82, 2.24) is 10.4 Å². The second-order valence-electron chi connectivity index (χ2n) is 7.73. The quantitative estimate of drug-likeness (QED) is 0.180. The number of hydrazone groups is 1. The van der Waals surface area contributed by atoms with Crippen LogP contribution in [0.1, 0.15) is 39.9 Å². The molecule has 0 radical (unpaired) electrons. The van der Waals surface area contributed by atoms with Gasteiger partial charge in [0.2, 0.25) is 5.91 Å². The first-order chi connectivity index (χ1) is 17.8. The summed E-state index contributed by atoms with van der Waals surface area (Å²) in [6.45, 7) is 1.60. The van der Waals surface area contributed by atoms with E-state index in [-0.39, 0.29) is 33.8 Å². The van der Waals surface area contributed by atoms with Crippen LogP contribution in [-0.4, -0.2) is 30.0 Å². The van der Waals surface area contributed by atoms with Crippen LogP contribution >= 0.6 is 23.5 Å². The molecule has 3 aromatic rings. The summed E-state index contributed by atoms with van der Waals surface area (Å²) in [5.74, 6) is 0.916. The molecule has 0 aliphatic rings. The van der Waals surface area contributed by atoms with E-state index < -0.39 is 6.43 Å². The Morgan fingerprint density at radius 2 is 2.05 bits per heavy atom. The van der Waals surface area contributed by atoms with Crippen molar-refractivity contribution in [3.8, 4) is 11.8 Å². The van der Waals surface area contributed by atoms with Gasteiger partial charge in [-0.2, -0.15) is 10.4 Å². The van der Waals surface area contributed by atoms with E-state index in [0.29, 0.717) is 28.4 Å². The van der Waals surface area contributed by atoms with E-state index in [9.17, 15) is 23.2 Å². The van der Waals surface area contributed by atoms with Crippen LogP contribution in [0.5, 0.6) is 5.75 Å². The van der Waals surface area contributed by atoms with Crippen LogP contribution in [0, 0.1) is 24.1 Å². The number of benzene rings is 2. The van der Waals surface area contributed by atoms with Crippen molar-refractivity contribution < 1.29 is 22.7 Å². The fourth-order valence-electron chi connectivity index (χ4n) is 3.26. The molecule has 0 unspecified atom stereocenters. The van der Waals surface area contributed by atoms with Crippen molar-refractivity contribution in [3.05, 3.63) is 87.9 Å². The number of ether oxygens (including phenoxy) is 1. The molecule has 0 saturated carbocycles. The molecule has 0 spiro atoms. The Labute approximate surface area is 221 Å². The van der Waals surface area contributed by atoms with E-state index in [2.05, 4.69) is 15.5 Å². The first-order valence-corrected chi connectivity index (χ1v) is 13.1. The van der Waals surface area contributed by atoms with E-state index in [4.69, 9.17) is 4.74 Å². The van der Waals surface area contributed by atoms with E-state index >= 15 is 0 Å². The van der Waals surface area contributed by atoms with Crippen LogP contribution in [-0.2, 0) is 16.3 Å². The zero-order chi connectivity index (χ0) is 26.8. The molecule has 11 heteroatoms. The molecule has 1 amide bonds. The molecular formula is C26H23F3N4O2S2. The van der Waals surface area contributed by atoms with E-state index in [1.807, 2.05) is 6.07 Å². The Morgan fingerprint density at radius 3 is 2.76 bits per heavy atom. The smallest absolute Gasteiger partial charge is 0.280 e. The van der Waals surface area contributed by atoms with Crippen LogP contribution in [0.4, 0.5) is 13.2 Å². The van der Waals surface area contributed by atoms with E-state index in [1.165, 1.54) is 43.3 Å².